The number of pyridine rings is 1. The molecule has 0 saturated carbocycles. The van der Waals surface area contributed by atoms with Gasteiger partial charge in [-0.2, -0.15) is 0 Å². The Hall–Kier alpha value is -1.13. The number of rotatable bonds is 2. The molecule has 1 aliphatic rings. The SMILES string of the molecule is COc1ccncc1C1(O)CCOC1. The van der Waals surface area contributed by atoms with E-state index in [1.165, 1.54) is 0 Å². The lowest BCUT2D eigenvalue weighted by molar-refractivity contribution is 0.0209. The molecule has 4 heteroatoms. The van der Waals surface area contributed by atoms with Gasteiger partial charge in [-0.3, -0.25) is 4.98 Å². The first-order valence-corrected chi connectivity index (χ1v) is 4.55. The van der Waals surface area contributed by atoms with E-state index >= 15 is 0 Å². The van der Waals surface area contributed by atoms with Gasteiger partial charge in [0.05, 0.1) is 13.7 Å². The highest BCUT2D eigenvalue weighted by Crippen LogP contribution is 2.35. The molecule has 76 valence electrons. The molecule has 4 nitrogen and oxygen atoms in total. The second-order valence-electron chi connectivity index (χ2n) is 3.41. The minimum Gasteiger partial charge on any atom is -0.496 e. The molecule has 0 spiro atoms. The predicted octanol–water partition coefficient (Wildman–Crippen LogP) is 0.698. The van der Waals surface area contributed by atoms with Gasteiger partial charge >= 0.3 is 0 Å². The molecule has 2 rings (SSSR count). The van der Waals surface area contributed by atoms with E-state index in [4.69, 9.17) is 9.47 Å². The standard InChI is InChI=1S/C10H13NO3/c1-13-9-2-4-11-6-8(9)10(12)3-5-14-7-10/h2,4,6,12H,3,5,7H2,1H3. The van der Waals surface area contributed by atoms with Crippen LogP contribution in [0, 0.1) is 0 Å². The molecule has 0 aromatic carbocycles. The lowest BCUT2D eigenvalue weighted by Crippen LogP contribution is -2.26. The quantitative estimate of drug-likeness (QED) is 0.754. The zero-order chi connectivity index (χ0) is 10.0. The van der Waals surface area contributed by atoms with Gasteiger partial charge in [-0.15, -0.1) is 0 Å². The Balaban J connectivity index is 2.39. The van der Waals surface area contributed by atoms with Gasteiger partial charge in [0.1, 0.15) is 11.4 Å². The van der Waals surface area contributed by atoms with E-state index in [0.29, 0.717) is 30.9 Å². The molecule has 2 heterocycles. The second kappa shape index (κ2) is 3.55. The average Bonchev–Trinajstić information content (AvgIpc) is 2.66. The summed E-state index contributed by atoms with van der Waals surface area (Å²) in [6.45, 7) is 0.892. The summed E-state index contributed by atoms with van der Waals surface area (Å²) in [4.78, 5) is 3.99. The van der Waals surface area contributed by atoms with Crippen LogP contribution < -0.4 is 4.74 Å². The van der Waals surface area contributed by atoms with Gasteiger partial charge in [0.15, 0.2) is 0 Å². The third-order valence-electron chi connectivity index (χ3n) is 2.50. The van der Waals surface area contributed by atoms with Crippen molar-refractivity contribution in [3.05, 3.63) is 24.0 Å². The van der Waals surface area contributed by atoms with Gasteiger partial charge in [0.2, 0.25) is 0 Å². The Kier molecular flexibility index (Phi) is 2.39. The number of nitrogens with zero attached hydrogens (tertiary/aromatic N) is 1. The van der Waals surface area contributed by atoms with Crippen LogP contribution in [0.25, 0.3) is 0 Å². The van der Waals surface area contributed by atoms with Crippen molar-refractivity contribution in [2.45, 2.75) is 12.0 Å². The van der Waals surface area contributed by atoms with Gasteiger partial charge in [-0.1, -0.05) is 0 Å². The van der Waals surface area contributed by atoms with Crippen molar-refractivity contribution < 1.29 is 14.6 Å². The zero-order valence-electron chi connectivity index (χ0n) is 8.06. The summed E-state index contributed by atoms with van der Waals surface area (Å²) in [6, 6.07) is 1.74. The van der Waals surface area contributed by atoms with Crippen molar-refractivity contribution in [1.82, 2.24) is 4.98 Å². The Labute approximate surface area is 82.5 Å². The van der Waals surface area contributed by atoms with E-state index in [1.54, 1.807) is 25.6 Å². The molecule has 1 aromatic heterocycles. The van der Waals surface area contributed by atoms with Crippen LogP contribution in [0.5, 0.6) is 5.75 Å². The van der Waals surface area contributed by atoms with E-state index in [1.807, 2.05) is 0 Å². The lowest BCUT2D eigenvalue weighted by atomic mass is 9.94. The Morgan fingerprint density at radius 1 is 1.64 bits per heavy atom. The number of methoxy groups -OCH3 is 1. The topological polar surface area (TPSA) is 51.6 Å². The van der Waals surface area contributed by atoms with Crippen LogP contribution in [0.4, 0.5) is 0 Å². The number of hydrogen-bond acceptors (Lipinski definition) is 4. The largest absolute Gasteiger partial charge is 0.496 e. The maximum atomic E-state index is 10.2. The number of aliphatic hydroxyl groups is 1. The van der Waals surface area contributed by atoms with E-state index < -0.39 is 5.60 Å². The molecule has 1 atom stereocenters. The first-order chi connectivity index (χ1) is 6.76. The molecule has 1 N–H and O–H groups in total. The Morgan fingerprint density at radius 3 is 3.14 bits per heavy atom. The van der Waals surface area contributed by atoms with Gasteiger partial charge in [0.25, 0.3) is 0 Å². The smallest absolute Gasteiger partial charge is 0.128 e. The molecule has 0 bridgehead atoms. The van der Waals surface area contributed by atoms with Crippen molar-refractivity contribution in [3.63, 3.8) is 0 Å². The van der Waals surface area contributed by atoms with Crippen LogP contribution in [0.3, 0.4) is 0 Å². The van der Waals surface area contributed by atoms with Crippen molar-refractivity contribution in [3.8, 4) is 5.75 Å². The lowest BCUT2D eigenvalue weighted by Gasteiger charge is -2.22. The van der Waals surface area contributed by atoms with Crippen LogP contribution in [-0.4, -0.2) is 30.4 Å². The van der Waals surface area contributed by atoms with Crippen molar-refractivity contribution >= 4 is 0 Å². The summed E-state index contributed by atoms with van der Waals surface area (Å²) in [7, 11) is 1.58. The normalized spacial score (nSPS) is 26.4. The third-order valence-corrected chi connectivity index (χ3v) is 2.50. The van der Waals surface area contributed by atoms with Gasteiger partial charge in [0, 0.05) is 31.0 Å². The van der Waals surface area contributed by atoms with Crippen LogP contribution >= 0.6 is 0 Å². The van der Waals surface area contributed by atoms with E-state index in [2.05, 4.69) is 4.98 Å². The summed E-state index contributed by atoms with van der Waals surface area (Å²) in [5.74, 6) is 0.660. The van der Waals surface area contributed by atoms with Crippen molar-refractivity contribution in [1.29, 1.82) is 0 Å². The highest BCUT2D eigenvalue weighted by atomic mass is 16.5. The van der Waals surface area contributed by atoms with Crippen LogP contribution in [0.2, 0.25) is 0 Å². The first-order valence-electron chi connectivity index (χ1n) is 4.55. The fourth-order valence-electron chi connectivity index (χ4n) is 1.68. The monoisotopic (exact) mass is 195 g/mol. The molecular weight excluding hydrogens is 182 g/mol. The summed E-state index contributed by atoms with van der Waals surface area (Å²) in [6.07, 6.45) is 3.87. The number of hydrogen-bond donors (Lipinski definition) is 1. The number of aromatic nitrogens is 1. The van der Waals surface area contributed by atoms with E-state index in [9.17, 15) is 5.11 Å². The van der Waals surface area contributed by atoms with Gasteiger partial charge < -0.3 is 14.6 Å². The van der Waals surface area contributed by atoms with E-state index in [-0.39, 0.29) is 0 Å². The highest BCUT2D eigenvalue weighted by molar-refractivity contribution is 5.35. The molecule has 1 unspecified atom stereocenters. The van der Waals surface area contributed by atoms with Gasteiger partial charge in [-0.25, -0.2) is 0 Å². The molecule has 1 aromatic rings. The Bertz CT molecular complexity index is 321. The fourth-order valence-corrected chi connectivity index (χ4v) is 1.68. The number of ether oxygens (including phenoxy) is 2. The molecule has 14 heavy (non-hydrogen) atoms. The summed E-state index contributed by atoms with van der Waals surface area (Å²) in [5, 5.41) is 10.2. The van der Waals surface area contributed by atoms with Crippen LogP contribution in [0.1, 0.15) is 12.0 Å². The maximum Gasteiger partial charge on any atom is 0.128 e. The fraction of sp³-hybridized carbons (Fsp3) is 0.500. The molecule has 1 saturated heterocycles. The maximum absolute atomic E-state index is 10.2. The van der Waals surface area contributed by atoms with Crippen LogP contribution in [-0.2, 0) is 10.3 Å². The summed E-state index contributed by atoms with van der Waals surface area (Å²) >= 11 is 0. The molecule has 0 radical (unpaired) electrons. The molecule has 0 amide bonds. The minimum absolute atomic E-state index is 0.315. The molecule has 1 aliphatic heterocycles. The van der Waals surface area contributed by atoms with Crippen LogP contribution in [0.15, 0.2) is 18.5 Å². The predicted molar refractivity (Wildman–Crippen MR) is 50.1 cm³/mol. The molecular formula is C10H13NO3. The summed E-state index contributed by atoms with van der Waals surface area (Å²) in [5.41, 5.74) is -0.223. The zero-order valence-corrected chi connectivity index (χ0v) is 8.06. The third kappa shape index (κ3) is 1.47. The summed E-state index contributed by atoms with van der Waals surface area (Å²) < 4.78 is 10.3. The average molecular weight is 195 g/mol. The molecule has 0 aliphatic carbocycles. The van der Waals surface area contributed by atoms with E-state index in [0.717, 1.165) is 0 Å². The second-order valence-corrected chi connectivity index (χ2v) is 3.41. The van der Waals surface area contributed by atoms with Gasteiger partial charge in [-0.05, 0) is 6.07 Å². The Morgan fingerprint density at radius 2 is 2.50 bits per heavy atom. The van der Waals surface area contributed by atoms with Crippen molar-refractivity contribution in [2.75, 3.05) is 20.3 Å². The van der Waals surface area contributed by atoms with Crippen molar-refractivity contribution in [2.24, 2.45) is 0 Å². The first kappa shape index (κ1) is 9.43. The highest BCUT2D eigenvalue weighted by Gasteiger charge is 2.36. The molecule has 1 fully saturated rings. The minimum atomic E-state index is -0.931.